The molecule has 1 aromatic carbocycles. The highest BCUT2D eigenvalue weighted by molar-refractivity contribution is 7.89. The molecule has 1 atom stereocenters. The Morgan fingerprint density at radius 2 is 2.09 bits per heavy atom. The van der Waals surface area contributed by atoms with E-state index in [-0.39, 0.29) is 23.1 Å². The predicted octanol–water partition coefficient (Wildman–Crippen LogP) is 2.60. The van der Waals surface area contributed by atoms with Crippen molar-refractivity contribution in [2.75, 3.05) is 50.4 Å². The van der Waals surface area contributed by atoms with Crippen molar-refractivity contribution in [3.8, 4) is 0 Å². The zero-order chi connectivity index (χ0) is 24.4. The van der Waals surface area contributed by atoms with Crippen LogP contribution in [0.5, 0.6) is 0 Å². The quantitative estimate of drug-likeness (QED) is 0.523. The average molecular weight is 513 g/mol. The fraction of sp³-hybridized carbons (Fsp3) is 0.375. The Balaban J connectivity index is 1.24. The molecule has 1 unspecified atom stereocenters. The maximum atomic E-state index is 13.2. The summed E-state index contributed by atoms with van der Waals surface area (Å²) in [6, 6.07) is 10.6. The monoisotopic (exact) mass is 512 g/mol. The van der Waals surface area contributed by atoms with Gasteiger partial charge in [-0.2, -0.15) is 4.31 Å². The van der Waals surface area contributed by atoms with E-state index in [1.54, 1.807) is 34.8 Å². The van der Waals surface area contributed by atoms with E-state index in [2.05, 4.69) is 25.5 Å². The molecule has 1 fully saturated rings. The molecule has 2 aliphatic rings. The van der Waals surface area contributed by atoms with E-state index in [1.807, 2.05) is 24.6 Å². The average Bonchev–Trinajstić information content (AvgIpc) is 3.41. The van der Waals surface area contributed by atoms with Crippen molar-refractivity contribution >= 4 is 38.2 Å². The number of hydrogen-bond donors (Lipinski definition) is 2. The number of carbonyl (C=O) groups is 1. The number of aromatic nitrogens is 2. The maximum absolute atomic E-state index is 13.2. The molecule has 2 aliphatic heterocycles. The number of rotatable bonds is 6. The standard InChI is InChI=1S/C24H28N6O3S2/c1-29-9-4-10-30(12-11-29)35(32,33)18-6-2-5-17(13-18)14-22(31)28-24-27-21(16-34-24)20-15-26-23-19(20)7-3-8-25-23/h2-3,5-8,13,16,20H,4,9-12,14-15H2,1H3,(H,25,26)(H,27,28,31). The molecule has 1 saturated heterocycles. The summed E-state index contributed by atoms with van der Waals surface area (Å²) < 4.78 is 27.9. The molecular formula is C24H28N6O3S2. The van der Waals surface area contributed by atoms with Crippen LogP contribution < -0.4 is 10.6 Å². The number of anilines is 2. The molecule has 0 saturated carbocycles. The summed E-state index contributed by atoms with van der Waals surface area (Å²) in [6.07, 6.45) is 2.62. The SMILES string of the molecule is CN1CCCN(S(=O)(=O)c2cccc(CC(=O)Nc3nc(C4CNc5ncccc54)cs3)c2)CC1. The first-order chi connectivity index (χ1) is 16.9. The summed E-state index contributed by atoms with van der Waals surface area (Å²) in [7, 11) is -1.60. The number of benzene rings is 1. The predicted molar refractivity (Wildman–Crippen MR) is 136 cm³/mol. The summed E-state index contributed by atoms with van der Waals surface area (Å²) in [5.74, 6) is 0.739. The van der Waals surface area contributed by atoms with Crippen LogP contribution in [0.3, 0.4) is 0 Å². The highest BCUT2D eigenvalue weighted by Crippen LogP contribution is 2.35. The Kier molecular flexibility index (Phi) is 6.83. The van der Waals surface area contributed by atoms with Crippen LogP contribution in [0, 0.1) is 0 Å². The zero-order valence-electron chi connectivity index (χ0n) is 19.5. The van der Waals surface area contributed by atoms with E-state index in [0.717, 1.165) is 36.6 Å². The molecule has 0 bridgehead atoms. The Morgan fingerprint density at radius 3 is 2.97 bits per heavy atom. The van der Waals surface area contributed by atoms with Gasteiger partial charge >= 0.3 is 0 Å². The fourth-order valence-corrected chi connectivity index (χ4v) is 6.82. The molecule has 1 amide bonds. The number of fused-ring (bicyclic) bond motifs is 1. The van der Waals surface area contributed by atoms with Crippen LogP contribution in [0.15, 0.2) is 52.9 Å². The normalized spacial score (nSPS) is 19.1. The Hall–Kier alpha value is -2.86. The topological polar surface area (TPSA) is 108 Å². The van der Waals surface area contributed by atoms with Gasteiger partial charge < -0.3 is 15.5 Å². The van der Waals surface area contributed by atoms with E-state index < -0.39 is 10.0 Å². The number of likely N-dealkylation sites (N-methyl/N-ethyl adjacent to an activating group) is 1. The number of hydrogen-bond acceptors (Lipinski definition) is 8. The van der Waals surface area contributed by atoms with Crippen LogP contribution in [0.2, 0.25) is 0 Å². The Labute approximate surface area is 209 Å². The summed E-state index contributed by atoms with van der Waals surface area (Å²) in [4.78, 5) is 24.1. The van der Waals surface area contributed by atoms with E-state index in [0.29, 0.717) is 30.3 Å². The lowest BCUT2D eigenvalue weighted by molar-refractivity contribution is -0.115. The molecule has 2 N–H and O–H groups in total. The van der Waals surface area contributed by atoms with Crippen molar-refractivity contribution in [3.63, 3.8) is 0 Å². The second-order valence-electron chi connectivity index (χ2n) is 8.89. The van der Waals surface area contributed by atoms with Crippen molar-refractivity contribution in [2.45, 2.75) is 23.7 Å². The largest absolute Gasteiger partial charge is 0.369 e. The first-order valence-corrected chi connectivity index (χ1v) is 13.9. The van der Waals surface area contributed by atoms with Crippen LogP contribution in [0.1, 0.15) is 29.2 Å². The van der Waals surface area contributed by atoms with Crippen LogP contribution in [0.25, 0.3) is 0 Å². The minimum atomic E-state index is -3.60. The van der Waals surface area contributed by atoms with Crippen molar-refractivity contribution in [2.24, 2.45) is 0 Å². The molecule has 35 heavy (non-hydrogen) atoms. The van der Waals surface area contributed by atoms with Crippen molar-refractivity contribution in [1.82, 2.24) is 19.2 Å². The van der Waals surface area contributed by atoms with Gasteiger partial charge in [0.05, 0.1) is 17.0 Å². The summed E-state index contributed by atoms with van der Waals surface area (Å²) >= 11 is 1.38. The van der Waals surface area contributed by atoms with Crippen molar-refractivity contribution < 1.29 is 13.2 Å². The van der Waals surface area contributed by atoms with E-state index >= 15 is 0 Å². The molecule has 0 spiro atoms. The smallest absolute Gasteiger partial charge is 0.243 e. The first kappa shape index (κ1) is 23.9. The van der Waals surface area contributed by atoms with Gasteiger partial charge in [0.25, 0.3) is 0 Å². The van der Waals surface area contributed by atoms with E-state index in [1.165, 1.54) is 11.3 Å². The number of amides is 1. The van der Waals surface area contributed by atoms with Crippen LogP contribution in [-0.4, -0.2) is 73.3 Å². The van der Waals surface area contributed by atoms with Gasteiger partial charge in [-0.1, -0.05) is 18.2 Å². The van der Waals surface area contributed by atoms with Gasteiger partial charge in [0.15, 0.2) is 5.13 Å². The molecule has 9 nitrogen and oxygen atoms in total. The number of sulfonamides is 1. The highest BCUT2D eigenvalue weighted by atomic mass is 32.2. The molecule has 0 aliphatic carbocycles. The number of thiazole rings is 1. The molecule has 4 heterocycles. The van der Waals surface area contributed by atoms with Crippen LogP contribution >= 0.6 is 11.3 Å². The van der Waals surface area contributed by atoms with Crippen LogP contribution in [-0.2, 0) is 21.2 Å². The molecule has 5 rings (SSSR count). The Morgan fingerprint density at radius 1 is 1.20 bits per heavy atom. The van der Waals surface area contributed by atoms with Gasteiger partial charge in [-0.05, 0) is 43.8 Å². The second-order valence-corrected chi connectivity index (χ2v) is 11.7. The third kappa shape index (κ3) is 5.22. The molecule has 2 aromatic heterocycles. The van der Waals surface area contributed by atoms with Gasteiger partial charge in [-0.25, -0.2) is 18.4 Å². The fourth-order valence-electron chi connectivity index (χ4n) is 4.50. The van der Waals surface area contributed by atoms with Gasteiger partial charge in [0.2, 0.25) is 15.9 Å². The highest BCUT2D eigenvalue weighted by Gasteiger charge is 2.28. The first-order valence-electron chi connectivity index (χ1n) is 11.6. The minimum Gasteiger partial charge on any atom is -0.369 e. The summed E-state index contributed by atoms with van der Waals surface area (Å²) in [5, 5.41) is 8.63. The maximum Gasteiger partial charge on any atom is 0.243 e. The number of carbonyl (C=O) groups excluding carboxylic acids is 1. The summed E-state index contributed by atoms with van der Waals surface area (Å²) in [6.45, 7) is 3.27. The molecule has 3 aromatic rings. The Bertz CT molecular complexity index is 1330. The van der Waals surface area contributed by atoms with E-state index in [4.69, 9.17) is 0 Å². The molecule has 0 radical (unpaired) electrons. The van der Waals surface area contributed by atoms with Gasteiger partial charge in [0.1, 0.15) is 5.82 Å². The molecular weight excluding hydrogens is 484 g/mol. The summed E-state index contributed by atoms with van der Waals surface area (Å²) in [5.41, 5.74) is 2.64. The minimum absolute atomic E-state index is 0.0682. The zero-order valence-corrected chi connectivity index (χ0v) is 21.1. The van der Waals surface area contributed by atoms with Gasteiger partial charge in [-0.3, -0.25) is 4.79 Å². The van der Waals surface area contributed by atoms with Crippen LogP contribution in [0.4, 0.5) is 10.9 Å². The second kappa shape index (κ2) is 10.0. The number of nitrogens with one attached hydrogen (secondary N) is 2. The number of nitrogens with zero attached hydrogens (tertiary/aromatic N) is 4. The van der Waals surface area contributed by atoms with E-state index in [9.17, 15) is 13.2 Å². The lowest BCUT2D eigenvalue weighted by atomic mass is 10.0. The third-order valence-electron chi connectivity index (χ3n) is 6.39. The van der Waals surface area contributed by atoms with Gasteiger partial charge in [0, 0.05) is 49.2 Å². The number of pyridine rings is 1. The van der Waals surface area contributed by atoms with Crippen molar-refractivity contribution in [3.05, 3.63) is 64.8 Å². The van der Waals surface area contributed by atoms with Crippen molar-refractivity contribution in [1.29, 1.82) is 0 Å². The van der Waals surface area contributed by atoms with Gasteiger partial charge in [-0.15, -0.1) is 11.3 Å². The lowest BCUT2D eigenvalue weighted by Gasteiger charge is -2.20. The third-order valence-corrected chi connectivity index (χ3v) is 9.06. The molecule has 184 valence electrons. The lowest BCUT2D eigenvalue weighted by Crippen LogP contribution is -2.34. The molecule has 11 heteroatoms.